The summed E-state index contributed by atoms with van der Waals surface area (Å²) in [5.41, 5.74) is 7.22. The molecule has 0 amide bonds. The molecular weight excluding hydrogens is 356 g/mol. The minimum atomic E-state index is 0. The van der Waals surface area contributed by atoms with Gasteiger partial charge in [-0.25, -0.2) is 4.98 Å². The maximum atomic E-state index is 4.73. The van der Waals surface area contributed by atoms with Gasteiger partial charge in [-0.15, -0.1) is 28.3 Å². The van der Waals surface area contributed by atoms with Crippen LogP contribution in [-0.2, 0) is 0 Å². The van der Waals surface area contributed by atoms with E-state index in [2.05, 4.69) is 43.6 Å². The molecule has 1 aromatic heterocycles. The van der Waals surface area contributed by atoms with Crippen LogP contribution in [0.3, 0.4) is 0 Å². The van der Waals surface area contributed by atoms with Crippen LogP contribution in [0.15, 0.2) is 47.8 Å². The first-order valence-electron chi connectivity index (χ1n) is 6.99. The molecule has 4 heteroatoms. The summed E-state index contributed by atoms with van der Waals surface area (Å²) in [6, 6.07) is 14.6. The van der Waals surface area contributed by atoms with Gasteiger partial charge < -0.3 is 5.32 Å². The highest BCUT2D eigenvalue weighted by molar-refractivity contribution is 8.93. The summed E-state index contributed by atoms with van der Waals surface area (Å²) in [5.74, 6) is 0. The molecule has 2 nitrogen and oxygen atoms in total. The lowest BCUT2D eigenvalue weighted by atomic mass is 9.98. The minimum Gasteiger partial charge on any atom is -0.332 e. The van der Waals surface area contributed by atoms with Gasteiger partial charge >= 0.3 is 0 Å². The fourth-order valence-electron chi connectivity index (χ4n) is 2.67. The zero-order chi connectivity index (χ0) is 14.8. The van der Waals surface area contributed by atoms with Crippen molar-refractivity contribution in [3.05, 3.63) is 64.5 Å². The van der Waals surface area contributed by atoms with E-state index in [0.717, 1.165) is 16.5 Å². The summed E-state index contributed by atoms with van der Waals surface area (Å²) in [4.78, 5) is 4.73. The minimum absolute atomic E-state index is 0. The van der Waals surface area contributed by atoms with Crippen LogP contribution >= 0.6 is 28.3 Å². The smallest absolute Gasteiger partial charge is 0.187 e. The van der Waals surface area contributed by atoms with Gasteiger partial charge in [-0.3, -0.25) is 0 Å². The van der Waals surface area contributed by atoms with Crippen molar-refractivity contribution in [3.8, 4) is 11.3 Å². The van der Waals surface area contributed by atoms with E-state index < -0.39 is 0 Å². The molecule has 114 valence electrons. The molecule has 0 bridgehead atoms. The lowest BCUT2D eigenvalue weighted by Crippen LogP contribution is -1.92. The Hall–Kier alpha value is -1.65. The molecule has 22 heavy (non-hydrogen) atoms. The van der Waals surface area contributed by atoms with Crippen LogP contribution in [-0.4, -0.2) is 4.98 Å². The van der Waals surface area contributed by atoms with Gasteiger partial charge in [0.15, 0.2) is 5.13 Å². The number of nitrogens with zero attached hydrogens (tertiary/aromatic N) is 1. The molecule has 0 unspecified atom stereocenters. The SMILES string of the molecule is Br.Cc1cc(C)c(-c2csc(Nc3ccccc3)n2)c(C)c1. The van der Waals surface area contributed by atoms with E-state index in [4.69, 9.17) is 4.98 Å². The van der Waals surface area contributed by atoms with Crippen molar-refractivity contribution in [1.82, 2.24) is 4.98 Å². The van der Waals surface area contributed by atoms with Gasteiger partial charge in [-0.05, 0) is 44.0 Å². The Morgan fingerprint density at radius 2 is 1.59 bits per heavy atom. The van der Waals surface area contributed by atoms with Crippen LogP contribution in [0, 0.1) is 20.8 Å². The average molecular weight is 375 g/mol. The number of aromatic nitrogens is 1. The van der Waals surface area contributed by atoms with E-state index in [1.54, 1.807) is 11.3 Å². The standard InChI is InChI=1S/C18H18N2S.BrH/c1-12-9-13(2)17(14(3)10-12)16-11-21-18(20-16)19-15-7-5-4-6-8-15;/h4-11H,1-3H3,(H,19,20);1H. The highest BCUT2D eigenvalue weighted by Crippen LogP contribution is 2.31. The van der Waals surface area contributed by atoms with Crippen molar-refractivity contribution in [3.63, 3.8) is 0 Å². The van der Waals surface area contributed by atoms with Crippen LogP contribution in [0.2, 0.25) is 0 Å². The third kappa shape index (κ3) is 3.57. The summed E-state index contributed by atoms with van der Waals surface area (Å²) < 4.78 is 0. The molecule has 0 aliphatic heterocycles. The molecule has 0 aliphatic carbocycles. The van der Waals surface area contributed by atoms with Gasteiger partial charge in [-0.2, -0.15) is 0 Å². The summed E-state index contributed by atoms with van der Waals surface area (Å²) >= 11 is 1.64. The predicted octanol–water partition coefficient (Wildman–Crippen LogP) is 6.06. The van der Waals surface area contributed by atoms with Gasteiger partial charge in [0.25, 0.3) is 0 Å². The molecule has 0 fully saturated rings. The molecule has 0 radical (unpaired) electrons. The largest absolute Gasteiger partial charge is 0.332 e. The third-order valence-corrected chi connectivity index (χ3v) is 4.22. The Kier molecular flexibility index (Phi) is 5.37. The highest BCUT2D eigenvalue weighted by Gasteiger charge is 2.10. The number of hydrogen-bond donors (Lipinski definition) is 1. The Balaban J connectivity index is 0.00000176. The summed E-state index contributed by atoms with van der Waals surface area (Å²) in [7, 11) is 0. The van der Waals surface area contributed by atoms with E-state index in [0.29, 0.717) is 0 Å². The molecular formula is C18H19BrN2S. The Morgan fingerprint density at radius 3 is 2.23 bits per heavy atom. The summed E-state index contributed by atoms with van der Waals surface area (Å²) in [6.07, 6.45) is 0. The first kappa shape index (κ1) is 16.7. The molecule has 1 heterocycles. The Morgan fingerprint density at radius 1 is 0.955 bits per heavy atom. The molecule has 0 saturated heterocycles. The molecule has 3 rings (SSSR count). The van der Waals surface area contributed by atoms with Crippen molar-refractivity contribution < 1.29 is 0 Å². The first-order valence-corrected chi connectivity index (χ1v) is 7.87. The lowest BCUT2D eigenvalue weighted by molar-refractivity contribution is 1.29. The van der Waals surface area contributed by atoms with Crippen LogP contribution in [0.25, 0.3) is 11.3 Å². The normalized spacial score (nSPS) is 10.1. The quantitative estimate of drug-likeness (QED) is 0.602. The van der Waals surface area contributed by atoms with Crippen molar-refractivity contribution >= 4 is 39.1 Å². The number of rotatable bonds is 3. The van der Waals surface area contributed by atoms with E-state index in [-0.39, 0.29) is 17.0 Å². The predicted molar refractivity (Wildman–Crippen MR) is 102 cm³/mol. The van der Waals surface area contributed by atoms with Crippen molar-refractivity contribution in [2.24, 2.45) is 0 Å². The Labute approximate surface area is 146 Å². The van der Waals surface area contributed by atoms with Crippen LogP contribution in [0.5, 0.6) is 0 Å². The maximum absolute atomic E-state index is 4.73. The average Bonchev–Trinajstić information content (AvgIpc) is 2.87. The number of nitrogens with one attached hydrogen (secondary N) is 1. The van der Waals surface area contributed by atoms with Crippen molar-refractivity contribution in [2.75, 3.05) is 5.32 Å². The fourth-order valence-corrected chi connectivity index (χ4v) is 3.40. The second-order valence-electron chi connectivity index (χ2n) is 5.30. The van der Waals surface area contributed by atoms with Gasteiger partial charge in [-0.1, -0.05) is 35.9 Å². The lowest BCUT2D eigenvalue weighted by Gasteiger charge is -2.08. The number of halogens is 1. The molecule has 2 aromatic carbocycles. The second-order valence-corrected chi connectivity index (χ2v) is 6.16. The van der Waals surface area contributed by atoms with E-state index in [1.807, 2.05) is 30.3 Å². The van der Waals surface area contributed by atoms with E-state index in [1.165, 1.54) is 22.3 Å². The Bertz CT molecular complexity index is 743. The van der Waals surface area contributed by atoms with Crippen LogP contribution in [0.1, 0.15) is 16.7 Å². The molecule has 1 N–H and O–H groups in total. The first-order chi connectivity index (χ1) is 10.1. The van der Waals surface area contributed by atoms with Crippen LogP contribution < -0.4 is 5.32 Å². The van der Waals surface area contributed by atoms with E-state index in [9.17, 15) is 0 Å². The number of hydrogen-bond acceptors (Lipinski definition) is 3. The number of aryl methyl sites for hydroxylation is 3. The van der Waals surface area contributed by atoms with Gasteiger partial charge in [0, 0.05) is 16.6 Å². The van der Waals surface area contributed by atoms with Crippen LogP contribution in [0.4, 0.5) is 10.8 Å². The summed E-state index contributed by atoms with van der Waals surface area (Å²) in [5, 5.41) is 6.40. The fraction of sp³-hybridized carbons (Fsp3) is 0.167. The number of anilines is 2. The molecule has 0 saturated carbocycles. The summed E-state index contributed by atoms with van der Waals surface area (Å²) in [6.45, 7) is 6.44. The molecule has 0 spiro atoms. The zero-order valence-corrected chi connectivity index (χ0v) is 15.4. The number of thiazole rings is 1. The topological polar surface area (TPSA) is 24.9 Å². The third-order valence-electron chi connectivity index (χ3n) is 3.46. The van der Waals surface area contributed by atoms with E-state index >= 15 is 0 Å². The zero-order valence-electron chi connectivity index (χ0n) is 12.9. The second kappa shape index (κ2) is 7.07. The molecule has 3 aromatic rings. The van der Waals surface area contributed by atoms with Gasteiger partial charge in [0.2, 0.25) is 0 Å². The van der Waals surface area contributed by atoms with Gasteiger partial charge in [0.1, 0.15) is 0 Å². The monoisotopic (exact) mass is 374 g/mol. The molecule has 0 atom stereocenters. The number of para-hydroxylation sites is 1. The van der Waals surface area contributed by atoms with Crippen molar-refractivity contribution in [2.45, 2.75) is 20.8 Å². The van der Waals surface area contributed by atoms with Crippen molar-refractivity contribution in [1.29, 1.82) is 0 Å². The molecule has 0 aliphatic rings. The highest BCUT2D eigenvalue weighted by atomic mass is 79.9. The number of benzene rings is 2. The van der Waals surface area contributed by atoms with Gasteiger partial charge in [0.05, 0.1) is 5.69 Å². The maximum Gasteiger partial charge on any atom is 0.187 e.